The van der Waals surface area contributed by atoms with Crippen LogP contribution in [0.2, 0.25) is 5.02 Å². The molecule has 0 spiro atoms. The fourth-order valence-corrected chi connectivity index (χ4v) is 2.28. The predicted octanol–water partition coefficient (Wildman–Crippen LogP) is 1.76. The first-order chi connectivity index (χ1) is 6.73. The molecule has 1 fully saturated rings. The van der Waals surface area contributed by atoms with Gasteiger partial charge in [0.2, 0.25) is 0 Å². The lowest BCUT2D eigenvalue weighted by Crippen LogP contribution is -2.21. The quantitative estimate of drug-likeness (QED) is 0.801. The van der Waals surface area contributed by atoms with Gasteiger partial charge in [-0.15, -0.1) is 0 Å². The summed E-state index contributed by atoms with van der Waals surface area (Å²) < 4.78 is 0. The van der Waals surface area contributed by atoms with E-state index in [0.29, 0.717) is 12.5 Å². The van der Waals surface area contributed by atoms with Gasteiger partial charge in [0.15, 0.2) is 0 Å². The Kier molecular flexibility index (Phi) is 2.52. The van der Waals surface area contributed by atoms with Crippen molar-refractivity contribution in [3.63, 3.8) is 0 Å². The highest BCUT2D eigenvalue weighted by molar-refractivity contribution is 6.31. The average Bonchev–Trinajstić information content (AvgIpc) is 2.94. The molecule has 0 saturated heterocycles. The van der Waals surface area contributed by atoms with E-state index in [4.69, 9.17) is 17.3 Å². The van der Waals surface area contributed by atoms with Crippen LogP contribution in [0.3, 0.4) is 0 Å². The zero-order chi connectivity index (χ0) is 10.2. The molecule has 2 rings (SSSR count). The van der Waals surface area contributed by atoms with E-state index in [1.54, 1.807) is 0 Å². The Morgan fingerprint density at radius 3 is 2.71 bits per heavy atom. The third-order valence-corrected chi connectivity index (χ3v) is 3.54. The largest absolute Gasteiger partial charge is 0.396 e. The first-order valence-corrected chi connectivity index (χ1v) is 5.17. The molecular weight excluding hydrogens is 198 g/mol. The molecule has 0 heterocycles. The molecule has 0 radical (unpaired) electrons. The van der Waals surface area contributed by atoms with E-state index in [0.717, 1.165) is 17.0 Å². The molecule has 76 valence electrons. The second-order valence-electron chi connectivity index (χ2n) is 4.00. The van der Waals surface area contributed by atoms with Gasteiger partial charge >= 0.3 is 0 Å². The smallest absolute Gasteiger partial charge is 0.0505 e. The number of hydrogen-bond donors (Lipinski definition) is 2. The number of aliphatic hydroxyl groups is 1. The molecule has 0 aromatic heterocycles. The van der Waals surface area contributed by atoms with Crippen LogP contribution in [-0.4, -0.2) is 18.3 Å². The van der Waals surface area contributed by atoms with Crippen LogP contribution in [0.15, 0.2) is 24.3 Å². The maximum atomic E-state index is 9.26. The van der Waals surface area contributed by atoms with Gasteiger partial charge in [0.1, 0.15) is 0 Å². The van der Waals surface area contributed by atoms with Crippen molar-refractivity contribution in [3.05, 3.63) is 34.9 Å². The minimum Gasteiger partial charge on any atom is -0.396 e. The van der Waals surface area contributed by atoms with Crippen molar-refractivity contribution in [1.82, 2.24) is 0 Å². The first kappa shape index (κ1) is 9.97. The molecule has 0 amide bonds. The minimum absolute atomic E-state index is 0.106. The fraction of sp³-hybridized carbons (Fsp3) is 0.455. The van der Waals surface area contributed by atoms with Crippen LogP contribution in [0.25, 0.3) is 0 Å². The average molecular weight is 212 g/mol. The zero-order valence-corrected chi connectivity index (χ0v) is 8.67. The molecule has 1 aliphatic carbocycles. The van der Waals surface area contributed by atoms with E-state index >= 15 is 0 Å². The van der Waals surface area contributed by atoms with Crippen LogP contribution in [0, 0.1) is 5.41 Å². The van der Waals surface area contributed by atoms with Gasteiger partial charge in [-0.1, -0.05) is 29.8 Å². The summed E-state index contributed by atoms with van der Waals surface area (Å²) in [6, 6.07) is 7.78. The Balaban J connectivity index is 2.24. The Bertz CT molecular complexity index is 336. The summed E-state index contributed by atoms with van der Waals surface area (Å²) in [5.74, 6) is 0.339. The second kappa shape index (κ2) is 3.54. The number of aliphatic hydroxyl groups excluding tert-OH is 1. The lowest BCUT2D eigenvalue weighted by molar-refractivity contribution is 0.211. The summed E-state index contributed by atoms with van der Waals surface area (Å²) in [5.41, 5.74) is 6.67. The van der Waals surface area contributed by atoms with E-state index in [1.807, 2.05) is 24.3 Å². The van der Waals surface area contributed by atoms with Crippen LogP contribution < -0.4 is 5.73 Å². The van der Waals surface area contributed by atoms with E-state index in [1.165, 1.54) is 0 Å². The third-order valence-electron chi connectivity index (χ3n) is 3.19. The lowest BCUT2D eigenvalue weighted by Gasteiger charge is -2.11. The van der Waals surface area contributed by atoms with Gasteiger partial charge in [0, 0.05) is 17.0 Å². The molecule has 1 aliphatic rings. The molecule has 3 heteroatoms. The zero-order valence-electron chi connectivity index (χ0n) is 7.91. The number of rotatable bonds is 3. The summed E-state index contributed by atoms with van der Waals surface area (Å²) in [6.45, 7) is 0.679. The van der Waals surface area contributed by atoms with Gasteiger partial charge in [0.25, 0.3) is 0 Å². The molecule has 0 aliphatic heterocycles. The van der Waals surface area contributed by atoms with E-state index in [-0.39, 0.29) is 12.0 Å². The van der Waals surface area contributed by atoms with Crippen LogP contribution in [0.1, 0.15) is 17.9 Å². The Morgan fingerprint density at radius 1 is 1.50 bits per heavy atom. The molecule has 2 atom stereocenters. The third kappa shape index (κ3) is 1.44. The minimum atomic E-state index is -0.106. The van der Waals surface area contributed by atoms with Crippen LogP contribution in [0.5, 0.6) is 0 Å². The fourth-order valence-electron chi connectivity index (χ4n) is 2.01. The standard InChI is InChI=1S/C11H14ClNO/c12-10-4-2-1-3-8(10)9-5-11(9,6-13)7-14/h1-4,9,14H,5-7,13H2/t9-,11-/m0/s1. The van der Waals surface area contributed by atoms with Crippen molar-refractivity contribution < 1.29 is 5.11 Å². The first-order valence-electron chi connectivity index (χ1n) is 4.79. The van der Waals surface area contributed by atoms with Crippen molar-refractivity contribution in [2.24, 2.45) is 11.1 Å². The maximum Gasteiger partial charge on any atom is 0.0505 e. The Hall–Kier alpha value is -0.570. The number of hydrogen-bond acceptors (Lipinski definition) is 2. The predicted molar refractivity (Wildman–Crippen MR) is 57.4 cm³/mol. The van der Waals surface area contributed by atoms with Gasteiger partial charge in [-0.05, 0) is 24.0 Å². The molecule has 1 aromatic rings. The van der Waals surface area contributed by atoms with Crippen molar-refractivity contribution in [1.29, 1.82) is 0 Å². The highest BCUT2D eigenvalue weighted by atomic mass is 35.5. The molecule has 1 saturated carbocycles. The highest BCUT2D eigenvalue weighted by Crippen LogP contribution is 2.59. The van der Waals surface area contributed by atoms with E-state index in [2.05, 4.69) is 0 Å². The topological polar surface area (TPSA) is 46.2 Å². The van der Waals surface area contributed by atoms with Crippen molar-refractivity contribution in [3.8, 4) is 0 Å². The summed E-state index contributed by atoms with van der Waals surface area (Å²) in [4.78, 5) is 0. The summed E-state index contributed by atoms with van der Waals surface area (Å²) in [6.07, 6.45) is 0.948. The van der Waals surface area contributed by atoms with Gasteiger partial charge in [-0.25, -0.2) is 0 Å². The summed E-state index contributed by atoms with van der Waals surface area (Å²) in [7, 11) is 0. The lowest BCUT2D eigenvalue weighted by atomic mass is 10.0. The normalized spacial score (nSPS) is 30.4. The Morgan fingerprint density at radius 2 is 2.21 bits per heavy atom. The molecule has 0 unspecified atom stereocenters. The highest BCUT2D eigenvalue weighted by Gasteiger charge is 2.53. The molecule has 2 nitrogen and oxygen atoms in total. The molecular formula is C11H14ClNO. The number of benzene rings is 1. The van der Waals surface area contributed by atoms with Gasteiger partial charge in [-0.2, -0.15) is 0 Å². The second-order valence-corrected chi connectivity index (χ2v) is 4.41. The van der Waals surface area contributed by atoms with Gasteiger partial charge in [-0.3, -0.25) is 0 Å². The molecule has 1 aromatic carbocycles. The van der Waals surface area contributed by atoms with Gasteiger partial charge < -0.3 is 10.8 Å². The van der Waals surface area contributed by atoms with E-state index in [9.17, 15) is 5.11 Å². The van der Waals surface area contributed by atoms with Gasteiger partial charge in [0.05, 0.1) is 6.61 Å². The number of halogens is 1. The SMILES string of the molecule is NC[C@]1(CO)C[C@H]1c1ccccc1Cl. The Labute approximate surface area is 88.7 Å². The van der Waals surface area contributed by atoms with Crippen LogP contribution in [-0.2, 0) is 0 Å². The summed E-state index contributed by atoms with van der Waals surface area (Å²) >= 11 is 6.08. The van der Waals surface area contributed by atoms with Crippen LogP contribution >= 0.6 is 11.6 Å². The van der Waals surface area contributed by atoms with E-state index < -0.39 is 0 Å². The molecule has 3 N–H and O–H groups in total. The van der Waals surface area contributed by atoms with Crippen molar-refractivity contribution in [2.45, 2.75) is 12.3 Å². The van der Waals surface area contributed by atoms with Crippen LogP contribution in [0.4, 0.5) is 0 Å². The summed E-state index contributed by atoms with van der Waals surface area (Å²) in [5, 5.41) is 10.0. The maximum absolute atomic E-state index is 9.26. The van der Waals surface area contributed by atoms with Crippen molar-refractivity contribution >= 4 is 11.6 Å². The van der Waals surface area contributed by atoms with Crippen molar-refractivity contribution in [2.75, 3.05) is 13.2 Å². The molecule has 0 bridgehead atoms. The molecule has 14 heavy (non-hydrogen) atoms. The number of nitrogens with two attached hydrogens (primary N) is 1. The monoisotopic (exact) mass is 211 g/mol.